The second-order valence-electron chi connectivity index (χ2n) is 4.39. The Morgan fingerprint density at radius 3 is 3.00 bits per heavy atom. The third kappa shape index (κ3) is 2.44. The minimum atomic E-state index is -0.120. The third-order valence-corrected chi connectivity index (χ3v) is 3.52. The molecule has 5 heteroatoms. The lowest BCUT2D eigenvalue weighted by atomic mass is 10.1. The van der Waals surface area contributed by atoms with E-state index in [-0.39, 0.29) is 11.9 Å². The number of nitrogens with two attached hydrogens (primary N) is 1. The molecule has 1 aliphatic rings. The molecule has 1 unspecified atom stereocenters. The van der Waals surface area contributed by atoms with E-state index in [1.54, 1.807) is 0 Å². The third-order valence-electron chi connectivity index (χ3n) is 3.29. The van der Waals surface area contributed by atoms with Crippen molar-refractivity contribution in [2.45, 2.75) is 25.9 Å². The van der Waals surface area contributed by atoms with E-state index >= 15 is 0 Å². The molecule has 1 saturated heterocycles. The van der Waals surface area contributed by atoms with Crippen LogP contribution in [0.5, 0.6) is 0 Å². The van der Waals surface area contributed by atoms with E-state index in [2.05, 4.69) is 10.2 Å². The SMILES string of the molecule is CCC1C(=O)NCCN1c1ccc(Cl)cc1CN. The van der Waals surface area contributed by atoms with Crippen molar-refractivity contribution in [3.05, 3.63) is 28.8 Å². The Labute approximate surface area is 112 Å². The van der Waals surface area contributed by atoms with Crippen molar-refractivity contribution in [2.75, 3.05) is 18.0 Å². The van der Waals surface area contributed by atoms with Crippen molar-refractivity contribution in [3.63, 3.8) is 0 Å². The van der Waals surface area contributed by atoms with Gasteiger partial charge in [-0.25, -0.2) is 0 Å². The number of hydrogen-bond acceptors (Lipinski definition) is 3. The highest BCUT2D eigenvalue weighted by Crippen LogP contribution is 2.27. The van der Waals surface area contributed by atoms with Crippen LogP contribution in [-0.2, 0) is 11.3 Å². The zero-order valence-corrected chi connectivity index (χ0v) is 11.2. The number of halogens is 1. The average molecular weight is 268 g/mol. The smallest absolute Gasteiger partial charge is 0.242 e. The molecule has 1 aliphatic heterocycles. The molecule has 1 atom stereocenters. The number of nitrogens with zero attached hydrogens (tertiary/aromatic N) is 1. The fraction of sp³-hybridized carbons (Fsp3) is 0.462. The summed E-state index contributed by atoms with van der Waals surface area (Å²) in [7, 11) is 0. The highest BCUT2D eigenvalue weighted by molar-refractivity contribution is 6.30. The van der Waals surface area contributed by atoms with Crippen molar-refractivity contribution in [3.8, 4) is 0 Å². The molecular weight excluding hydrogens is 250 g/mol. The lowest BCUT2D eigenvalue weighted by Gasteiger charge is -2.37. The van der Waals surface area contributed by atoms with Crippen LogP contribution in [0.25, 0.3) is 0 Å². The first-order valence-electron chi connectivity index (χ1n) is 6.20. The van der Waals surface area contributed by atoms with Gasteiger partial charge in [-0.15, -0.1) is 0 Å². The quantitative estimate of drug-likeness (QED) is 0.873. The molecule has 2 rings (SSSR count). The van der Waals surface area contributed by atoms with Crippen LogP contribution >= 0.6 is 11.6 Å². The van der Waals surface area contributed by atoms with Crippen LogP contribution in [0.4, 0.5) is 5.69 Å². The summed E-state index contributed by atoms with van der Waals surface area (Å²) in [6.07, 6.45) is 0.776. The van der Waals surface area contributed by atoms with Crippen molar-refractivity contribution in [1.29, 1.82) is 0 Å². The zero-order chi connectivity index (χ0) is 13.1. The van der Waals surface area contributed by atoms with Crippen molar-refractivity contribution in [2.24, 2.45) is 5.73 Å². The van der Waals surface area contributed by atoms with Gasteiger partial charge >= 0.3 is 0 Å². The lowest BCUT2D eigenvalue weighted by Crippen LogP contribution is -2.55. The van der Waals surface area contributed by atoms with Crippen LogP contribution in [0.15, 0.2) is 18.2 Å². The fourth-order valence-electron chi connectivity index (χ4n) is 2.41. The Morgan fingerprint density at radius 2 is 2.33 bits per heavy atom. The topological polar surface area (TPSA) is 58.4 Å². The molecule has 1 heterocycles. The van der Waals surface area contributed by atoms with Crippen molar-refractivity contribution >= 4 is 23.2 Å². The largest absolute Gasteiger partial charge is 0.357 e. The van der Waals surface area contributed by atoms with Gasteiger partial charge in [-0.05, 0) is 30.2 Å². The summed E-state index contributed by atoms with van der Waals surface area (Å²) in [6, 6.07) is 5.54. The molecule has 0 radical (unpaired) electrons. The maximum atomic E-state index is 11.9. The highest BCUT2D eigenvalue weighted by Gasteiger charge is 2.29. The number of piperazine rings is 1. The van der Waals surface area contributed by atoms with Gasteiger partial charge in [0.1, 0.15) is 6.04 Å². The van der Waals surface area contributed by atoms with E-state index in [0.29, 0.717) is 18.1 Å². The summed E-state index contributed by atoms with van der Waals surface area (Å²) in [5.41, 5.74) is 7.76. The van der Waals surface area contributed by atoms with Crippen LogP contribution in [0, 0.1) is 0 Å². The number of hydrogen-bond donors (Lipinski definition) is 2. The summed E-state index contributed by atoms with van der Waals surface area (Å²) in [4.78, 5) is 14.0. The number of rotatable bonds is 3. The molecule has 4 nitrogen and oxygen atoms in total. The Hall–Kier alpha value is -1.26. The monoisotopic (exact) mass is 267 g/mol. The number of carbonyl (C=O) groups is 1. The van der Waals surface area contributed by atoms with E-state index in [1.165, 1.54) is 0 Å². The maximum Gasteiger partial charge on any atom is 0.242 e. The number of nitrogens with one attached hydrogen (secondary N) is 1. The number of benzene rings is 1. The Balaban J connectivity index is 2.37. The first-order valence-corrected chi connectivity index (χ1v) is 6.58. The Morgan fingerprint density at radius 1 is 1.56 bits per heavy atom. The predicted octanol–water partition coefficient (Wildman–Crippen LogP) is 1.51. The predicted molar refractivity (Wildman–Crippen MR) is 73.8 cm³/mol. The molecule has 0 aliphatic carbocycles. The minimum Gasteiger partial charge on any atom is -0.357 e. The molecular formula is C13H18ClN3O. The average Bonchev–Trinajstić information content (AvgIpc) is 2.38. The molecule has 3 N–H and O–H groups in total. The number of amides is 1. The van der Waals surface area contributed by atoms with Gasteiger partial charge < -0.3 is 16.0 Å². The second kappa shape index (κ2) is 5.59. The minimum absolute atomic E-state index is 0.0849. The summed E-state index contributed by atoms with van der Waals surface area (Å²) in [5, 5.41) is 3.57. The first-order chi connectivity index (χ1) is 8.67. The first kappa shape index (κ1) is 13.2. The van der Waals surface area contributed by atoms with E-state index in [1.807, 2.05) is 25.1 Å². The van der Waals surface area contributed by atoms with E-state index in [9.17, 15) is 4.79 Å². The highest BCUT2D eigenvalue weighted by atomic mass is 35.5. The fourth-order valence-corrected chi connectivity index (χ4v) is 2.60. The van der Waals surface area contributed by atoms with E-state index in [4.69, 9.17) is 17.3 Å². The summed E-state index contributed by atoms with van der Waals surface area (Å²) < 4.78 is 0. The molecule has 98 valence electrons. The van der Waals surface area contributed by atoms with Gasteiger partial charge in [-0.1, -0.05) is 18.5 Å². The van der Waals surface area contributed by atoms with Gasteiger partial charge in [0.05, 0.1) is 0 Å². The molecule has 0 bridgehead atoms. The second-order valence-corrected chi connectivity index (χ2v) is 4.82. The van der Waals surface area contributed by atoms with Crippen LogP contribution in [0.3, 0.4) is 0 Å². The van der Waals surface area contributed by atoms with Crippen LogP contribution in [0.1, 0.15) is 18.9 Å². The zero-order valence-electron chi connectivity index (χ0n) is 10.4. The summed E-state index contributed by atoms with van der Waals surface area (Å²) in [5.74, 6) is 0.0849. The van der Waals surface area contributed by atoms with E-state index < -0.39 is 0 Å². The van der Waals surface area contributed by atoms with Gasteiger partial charge in [0.2, 0.25) is 5.91 Å². The van der Waals surface area contributed by atoms with Crippen LogP contribution < -0.4 is 16.0 Å². The number of anilines is 1. The van der Waals surface area contributed by atoms with Gasteiger partial charge in [-0.3, -0.25) is 4.79 Å². The van der Waals surface area contributed by atoms with Crippen LogP contribution in [0.2, 0.25) is 5.02 Å². The molecule has 1 fully saturated rings. The van der Waals surface area contributed by atoms with Crippen molar-refractivity contribution in [1.82, 2.24) is 5.32 Å². The van der Waals surface area contributed by atoms with Crippen LogP contribution in [-0.4, -0.2) is 25.0 Å². The van der Waals surface area contributed by atoms with Crippen molar-refractivity contribution < 1.29 is 4.79 Å². The molecule has 0 saturated carbocycles. The molecule has 0 aromatic heterocycles. The molecule has 1 aromatic carbocycles. The number of carbonyl (C=O) groups excluding carboxylic acids is 1. The van der Waals surface area contributed by atoms with Gasteiger partial charge in [0.15, 0.2) is 0 Å². The standard InChI is InChI=1S/C13H18ClN3O/c1-2-11-13(18)16-5-6-17(11)12-4-3-10(14)7-9(12)8-15/h3-4,7,11H,2,5-6,8,15H2,1H3,(H,16,18). The Kier molecular flexibility index (Phi) is 4.09. The molecule has 1 amide bonds. The molecule has 1 aromatic rings. The van der Waals surface area contributed by atoms with E-state index in [0.717, 1.165) is 24.2 Å². The maximum absolute atomic E-state index is 11.9. The Bertz CT molecular complexity index is 450. The van der Waals surface area contributed by atoms with Gasteiger partial charge in [0, 0.05) is 30.3 Å². The summed E-state index contributed by atoms with van der Waals surface area (Å²) >= 11 is 5.98. The lowest BCUT2D eigenvalue weighted by molar-refractivity contribution is -0.123. The normalized spacial score (nSPS) is 19.8. The molecule has 0 spiro atoms. The van der Waals surface area contributed by atoms with Gasteiger partial charge in [0.25, 0.3) is 0 Å². The molecule has 18 heavy (non-hydrogen) atoms. The summed E-state index contributed by atoms with van der Waals surface area (Å²) in [6.45, 7) is 3.91. The van der Waals surface area contributed by atoms with Gasteiger partial charge in [-0.2, -0.15) is 0 Å².